The van der Waals surface area contributed by atoms with E-state index in [1.807, 2.05) is 0 Å². The van der Waals surface area contributed by atoms with Crippen LogP contribution in [0.25, 0.3) is 11.3 Å². The number of rotatable bonds is 5. The Morgan fingerprint density at radius 1 is 1.12 bits per heavy atom. The zero-order valence-electron chi connectivity index (χ0n) is 14.0. The van der Waals surface area contributed by atoms with Gasteiger partial charge in [-0.25, -0.2) is 8.78 Å². The van der Waals surface area contributed by atoms with Crippen LogP contribution < -0.4 is 5.32 Å². The lowest BCUT2D eigenvalue weighted by molar-refractivity contribution is 0.0526. The SMILES string of the molecule is CC(O)(CNC(=O)c1cn[nH]c1-c1ccc(F)cc1)c1ccc(F)cc1. The topological polar surface area (TPSA) is 78.0 Å². The fourth-order valence-corrected chi connectivity index (χ4v) is 2.55. The molecule has 1 unspecified atom stereocenters. The van der Waals surface area contributed by atoms with E-state index in [1.54, 1.807) is 0 Å². The Bertz CT molecular complexity index is 903. The van der Waals surface area contributed by atoms with Gasteiger partial charge in [-0.05, 0) is 48.9 Å². The summed E-state index contributed by atoms with van der Waals surface area (Å²) >= 11 is 0. The molecule has 0 aliphatic heterocycles. The molecule has 1 aromatic heterocycles. The second kappa shape index (κ2) is 7.05. The number of hydrogen-bond donors (Lipinski definition) is 3. The van der Waals surface area contributed by atoms with E-state index in [-0.39, 0.29) is 17.9 Å². The third-order valence-electron chi connectivity index (χ3n) is 4.08. The van der Waals surface area contributed by atoms with Crippen LogP contribution in [0, 0.1) is 11.6 Å². The van der Waals surface area contributed by atoms with Gasteiger partial charge in [0.2, 0.25) is 0 Å². The summed E-state index contributed by atoms with van der Waals surface area (Å²) in [7, 11) is 0. The van der Waals surface area contributed by atoms with E-state index in [2.05, 4.69) is 15.5 Å². The maximum atomic E-state index is 13.1. The highest BCUT2D eigenvalue weighted by molar-refractivity contribution is 5.99. The normalized spacial score (nSPS) is 13.2. The Labute approximate surface area is 148 Å². The van der Waals surface area contributed by atoms with Gasteiger partial charge in [0.15, 0.2) is 0 Å². The molecule has 7 heteroatoms. The first-order chi connectivity index (χ1) is 12.4. The monoisotopic (exact) mass is 357 g/mol. The van der Waals surface area contributed by atoms with Crippen molar-refractivity contribution in [1.82, 2.24) is 15.5 Å². The van der Waals surface area contributed by atoms with E-state index in [9.17, 15) is 18.7 Å². The summed E-state index contributed by atoms with van der Waals surface area (Å²) in [6.45, 7) is 1.45. The van der Waals surface area contributed by atoms with Crippen LogP contribution >= 0.6 is 0 Å². The summed E-state index contributed by atoms with van der Waals surface area (Å²) in [6, 6.07) is 11.1. The number of benzene rings is 2. The number of aliphatic hydroxyl groups is 1. The predicted octanol–water partition coefficient (Wildman–Crippen LogP) is 2.99. The van der Waals surface area contributed by atoms with Gasteiger partial charge in [0.25, 0.3) is 5.91 Å². The lowest BCUT2D eigenvalue weighted by Crippen LogP contribution is -2.38. The third kappa shape index (κ3) is 3.78. The van der Waals surface area contributed by atoms with Crippen molar-refractivity contribution in [3.8, 4) is 11.3 Å². The third-order valence-corrected chi connectivity index (χ3v) is 4.08. The molecule has 0 bridgehead atoms. The summed E-state index contributed by atoms with van der Waals surface area (Å²) < 4.78 is 26.1. The number of amides is 1. The van der Waals surface area contributed by atoms with Crippen LogP contribution in [0.3, 0.4) is 0 Å². The van der Waals surface area contributed by atoms with Gasteiger partial charge < -0.3 is 10.4 Å². The van der Waals surface area contributed by atoms with Crippen molar-refractivity contribution in [3.05, 3.63) is 77.5 Å². The molecule has 0 radical (unpaired) electrons. The molecule has 2 aromatic carbocycles. The van der Waals surface area contributed by atoms with Crippen LogP contribution in [0.2, 0.25) is 0 Å². The minimum Gasteiger partial charge on any atom is -0.384 e. The van der Waals surface area contributed by atoms with Crippen molar-refractivity contribution in [3.63, 3.8) is 0 Å². The van der Waals surface area contributed by atoms with Crippen LogP contribution in [0.4, 0.5) is 8.78 Å². The predicted molar refractivity (Wildman–Crippen MR) is 92.3 cm³/mol. The molecule has 0 spiro atoms. The zero-order chi connectivity index (χ0) is 18.7. The summed E-state index contributed by atoms with van der Waals surface area (Å²) in [5.41, 5.74) is 0.434. The maximum Gasteiger partial charge on any atom is 0.255 e. The minimum atomic E-state index is -1.37. The van der Waals surface area contributed by atoms with Crippen molar-refractivity contribution in [1.29, 1.82) is 0 Å². The van der Waals surface area contributed by atoms with Gasteiger partial charge in [-0.1, -0.05) is 12.1 Å². The quantitative estimate of drug-likeness (QED) is 0.657. The summed E-state index contributed by atoms with van der Waals surface area (Å²) in [4.78, 5) is 12.5. The van der Waals surface area contributed by atoms with Gasteiger partial charge in [0.05, 0.1) is 24.0 Å². The number of aromatic nitrogens is 2. The Morgan fingerprint density at radius 2 is 1.69 bits per heavy atom. The molecule has 0 saturated carbocycles. The van der Waals surface area contributed by atoms with Gasteiger partial charge in [0.1, 0.15) is 17.2 Å². The first kappa shape index (κ1) is 17.8. The fraction of sp³-hybridized carbons (Fsp3) is 0.158. The first-order valence-electron chi connectivity index (χ1n) is 7.93. The van der Waals surface area contributed by atoms with E-state index in [4.69, 9.17) is 0 Å². The number of hydrogen-bond acceptors (Lipinski definition) is 3. The Hall–Kier alpha value is -3.06. The summed E-state index contributed by atoms with van der Waals surface area (Å²) in [6.07, 6.45) is 1.36. The van der Waals surface area contributed by atoms with Crippen molar-refractivity contribution >= 4 is 5.91 Å². The Balaban J connectivity index is 1.74. The van der Waals surface area contributed by atoms with Gasteiger partial charge in [-0.3, -0.25) is 9.89 Å². The largest absolute Gasteiger partial charge is 0.384 e. The second-order valence-corrected chi connectivity index (χ2v) is 6.13. The molecule has 1 amide bonds. The van der Waals surface area contributed by atoms with Gasteiger partial charge in [0, 0.05) is 5.56 Å². The van der Waals surface area contributed by atoms with Crippen LogP contribution in [0.1, 0.15) is 22.8 Å². The maximum absolute atomic E-state index is 13.1. The lowest BCUT2D eigenvalue weighted by atomic mass is 9.96. The molecule has 26 heavy (non-hydrogen) atoms. The average Bonchev–Trinajstić information content (AvgIpc) is 3.10. The number of carbonyl (C=O) groups excluding carboxylic acids is 1. The molecule has 3 N–H and O–H groups in total. The standard InChI is InChI=1S/C19H17F2N3O2/c1-19(26,13-4-8-15(21)9-5-13)11-22-18(25)16-10-23-24-17(16)12-2-6-14(20)7-3-12/h2-10,26H,11H2,1H3,(H,22,25)(H,23,24). The summed E-state index contributed by atoms with van der Waals surface area (Å²) in [5.74, 6) is -1.23. The number of halogens is 2. The van der Waals surface area contributed by atoms with Crippen molar-refractivity contribution in [2.45, 2.75) is 12.5 Å². The average molecular weight is 357 g/mol. The molecular formula is C19H17F2N3O2. The van der Waals surface area contributed by atoms with Gasteiger partial charge >= 0.3 is 0 Å². The number of H-pyrrole nitrogens is 1. The highest BCUT2D eigenvalue weighted by Crippen LogP contribution is 2.23. The van der Waals surface area contributed by atoms with Crippen LogP contribution in [-0.2, 0) is 5.60 Å². The highest BCUT2D eigenvalue weighted by Gasteiger charge is 2.25. The van der Waals surface area contributed by atoms with Crippen LogP contribution in [0.15, 0.2) is 54.7 Å². The molecule has 3 aromatic rings. The lowest BCUT2D eigenvalue weighted by Gasteiger charge is -2.24. The fourth-order valence-electron chi connectivity index (χ4n) is 2.55. The molecule has 0 aliphatic rings. The van der Waals surface area contributed by atoms with Crippen molar-refractivity contribution < 1.29 is 18.7 Å². The molecule has 1 atom stereocenters. The number of carbonyl (C=O) groups is 1. The van der Waals surface area contributed by atoms with E-state index in [0.29, 0.717) is 16.8 Å². The minimum absolute atomic E-state index is 0.0779. The van der Waals surface area contributed by atoms with Crippen molar-refractivity contribution in [2.24, 2.45) is 0 Å². The Morgan fingerprint density at radius 3 is 2.31 bits per heavy atom. The second-order valence-electron chi connectivity index (χ2n) is 6.13. The van der Waals surface area contributed by atoms with Gasteiger partial charge in [-0.15, -0.1) is 0 Å². The number of nitrogens with one attached hydrogen (secondary N) is 2. The van der Waals surface area contributed by atoms with E-state index >= 15 is 0 Å². The van der Waals surface area contributed by atoms with E-state index in [0.717, 1.165) is 0 Å². The van der Waals surface area contributed by atoms with Crippen LogP contribution in [-0.4, -0.2) is 27.8 Å². The molecule has 3 rings (SSSR count). The number of aromatic amines is 1. The van der Waals surface area contributed by atoms with E-state index < -0.39 is 17.3 Å². The van der Waals surface area contributed by atoms with Crippen molar-refractivity contribution in [2.75, 3.05) is 6.54 Å². The molecule has 1 heterocycles. The smallest absolute Gasteiger partial charge is 0.255 e. The van der Waals surface area contributed by atoms with Crippen LogP contribution in [0.5, 0.6) is 0 Å². The molecule has 0 aliphatic carbocycles. The van der Waals surface area contributed by atoms with E-state index in [1.165, 1.54) is 61.7 Å². The first-order valence-corrected chi connectivity index (χ1v) is 7.93. The molecule has 0 saturated heterocycles. The van der Waals surface area contributed by atoms with Gasteiger partial charge in [-0.2, -0.15) is 5.10 Å². The molecule has 5 nitrogen and oxygen atoms in total. The summed E-state index contributed by atoms with van der Waals surface area (Å²) in [5, 5.41) is 19.8. The Kier molecular flexibility index (Phi) is 4.81. The molecule has 0 fully saturated rings. The number of nitrogens with zero attached hydrogens (tertiary/aromatic N) is 1. The molecule has 134 valence electrons. The molecular weight excluding hydrogens is 340 g/mol. The zero-order valence-corrected chi connectivity index (χ0v) is 14.0. The highest BCUT2D eigenvalue weighted by atomic mass is 19.1.